The summed E-state index contributed by atoms with van der Waals surface area (Å²) >= 11 is 0. The number of ether oxygens (including phenoxy) is 1. The number of amides is 1. The molecule has 4 N–H and O–H groups in total. The highest BCUT2D eigenvalue weighted by atomic mass is 16.6. The van der Waals surface area contributed by atoms with Gasteiger partial charge in [-0.15, -0.1) is 0 Å². The van der Waals surface area contributed by atoms with Gasteiger partial charge in [-0.2, -0.15) is 0 Å². The molecule has 0 aliphatic rings. The second kappa shape index (κ2) is 4.27. The molecule has 74 valence electrons. The summed E-state index contributed by atoms with van der Waals surface area (Å²) in [4.78, 5) is 10.3. The number of carbonyl (C=O) groups excluding carboxylic acids is 1. The van der Waals surface area contributed by atoms with Crippen molar-refractivity contribution in [3.8, 4) is 0 Å². The SMILES string of the molecule is Cc1cccc(NC(=N)OC(N)=O)c1. The smallest absolute Gasteiger partial charge is 0.376 e. The molecule has 0 saturated carbocycles. The first-order chi connectivity index (χ1) is 6.58. The molecule has 0 spiro atoms. The highest BCUT2D eigenvalue weighted by molar-refractivity contribution is 5.93. The fourth-order valence-corrected chi connectivity index (χ4v) is 0.980. The molecule has 0 radical (unpaired) electrons. The van der Waals surface area contributed by atoms with Crippen LogP contribution in [0.25, 0.3) is 0 Å². The Balaban J connectivity index is 2.60. The summed E-state index contributed by atoms with van der Waals surface area (Å²) in [5.41, 5.74) is 6.46. The molecule has 0 aliphatic carbocycles. The highest BCUT2D eigenvalue weighted by Gasteiger charge is 2.01. The third kappa shape index (κ3) is 3.14. The van der Waals surface area contributed by atoms with Gasteiger partial charge in [0, 0.05) is 5.69 Å². The Bertz CT molecular complexity index is 363. The molecule has 0 bridgehead atoms. The molecule has 1 rings (SSSR count). The fraction of sp³-hybridized carbons (Fsp3) is 0.111. The van der Waals surface area contributed by atoms with Crippen molar-refractivity contribution < 1.29 is 9.53 Å². The third-order valence-electron chi connectivity index (χ3n) is 1.48. The number of anilines is 1. The normalized spacial score (nSPS) is 9.21. The van der Waals surface area contributed by atoms with Gasteiger partial charge in [0.15, 0.2) is 0 Å². The Hall–Kier alpha value is -2.04. The van der Waals surface area contributed by atoms with Crippen molar-refractivity contribution in [1.29, 1.82) is 5.41 Å². The summed E-state index contributed by atoms with van der Waals surface area (Å²) < 4.78 is 4.31. The largest absolute Gasteiger partial charge is 0.412 e. The van der Waals surface area contributed by atoms with E-state index in [1.807, 2.05) is 25.1 Å². The molecule has 0 aliphatic heterocycles. The molecule has 0 heterocycles. The average Bonchev–Trinajstić information content (AvgIpc) is 2.01. The number of nitrogens with one attached hydrogen (secondary N) is 2. The van der Waals surface area contributed by atoms with Crippen LogP contribution in [0.3, 0.4) is 0 Å². The monoisotopic (exact) mass is 193 g/mol. The number of carbonyl (C=O) groups is 1. The van der Waals surface area contributed by atoms with Crippen LogP contribution in [-0.4, -0.2) is 12.1 Å². The number of aryl methyl sites for hydroxylation is 1. The van der Waals surface area contributed by atoms with Crippen LogP contribution < -0.4 is 11.1 Å². The van der Waals surface area contributed by atoms with Crippen molar-refractivity contribution in [3.05, 3.63) is 29.8 Å². The molecule has 0 atom stereocenters. The van der Waals surface area contributed by atoms with E-state index in [4.69, 9.17) is 11.1 Å². The van der Waals surface area contributed by atoms with Crippen LogP contribution >= 0.6 is 0 Å². The number of primary amides is 1. The summed E-state index contributed by atoms with van der Waals surface area (Å²) in [6.45, 7) is 1.92. The molecule has 5 nitrogen and oxygen atoms in total. The van der Waals surface area contributed by atoms with Gasteiger partial charge < -0.3 is 15.8 Å². The van der Waals surface area contributed by atoms with Crippen LogP contribution in [-0.2, 0) is 4.74 Å². The van der Waals surface area contributed by atoms with Crippen molar-refractivity contribution in [3.63, 3.8) is 0 Å². The van der Waals surface area contributed by atoms with Gasteiger partial charge in [0.25, 0.3) is 6.02 Å². The second-order valence-corrected chi connectivity index (χ2v) is 2.74. The minimum absolute atomic E-state index is 0.386. The molecule has 1 aromatic carbocycles. The topological polar surface area (TPSA) is 88.2 Å². The predicted octanol–water partition coefficient (Wildman–Crippen LogP) is 1.44. The van der Waals surface area contributed by atoms with Crippen LogP contribution in [0, 0.1) is 12.3 Å². The van der Waals surface area contributed by atoms with E-state index < -0.39 is 6.09 Å². The van der Waals surface area contributed by atoms with Crippen molar-refractivity contribution in [2.24, 2.45) is 5.73 Å². The first-order valence-electron chi connectivity index (χ1n) is 3.97. The van der Waals surface area contributed by atoms with Gasteiger partial charge >= 0.3 is 6.09 Å². The molecule has 0 aromatic heterocycles. The van der Waals surface area contributed by atoms with E-state index in [1.54, 1.807) is 6.07 Å². The lowest BCUT2D eigenvalue weighted by atomic mass is 10.2. The first-order valence-corrected chi connectivity index (χ1v) is 3.97. The molecule has 0 saturated heterocycles. The number of nitrogens with two attached hydrogens (primary N) is 1. The number of benzene rings is 1. The second-order valence-electron chi connectivity index (χ2n) is 2.74. The van der Waals surface area contributed by atoms with Gasteiger partial charge in [-0.05, 0) is 24.6 Å². The lowest BCUT2D eigenvalue weighted by Gasteiger charge is -2.06. The fourth-order valence-electron chi connectivity index (χ4n) is 0.980. The number of amidine groups is 1. The van der Waals surface area contributed by atoms with Gasteiger partial charge in [-0.3, -0.25) is 5.41 Å². The number of hydrogen-bond donors (Lipinski definition) is 3. The van der Waals surface area contributed by atoms with E-state index in [0.29, 0.717) is 5.69 Å². The van der Waals surface area contributed by atoms with Crippen molar-refractivity contribution >= 4 is 17.8 Å². The number of rotatable bonds is 1. The maximum atomic E-state index is 10.3. The predicted molar refractivity (Wildman–Crippen MR) is 53.2 cm³/mol. The zero-order valence-corrected chi connectivity index (χ0v) is 7.70. The van der Waals surface area contributed by atoms with Gasteiger partial charge in [0.05, 0.1) is 0 Å². The maximum absolute atomic E-state index is 10.3. The summed E-state index contributed by atoms with van der Waals surface area (Å²) in [5, 5.41) is 9.77. The Morgan fingerprint density at radius 1 is 1.57 bits per heavy atom. The lowest BCUT2D eigenvalue weighted by molar-refractivity contribution is 0.207. The first kappa shape index (κ1) is 10.0. The summed E-state index contributed by atoms with van der Waals surface area (Å²) in [6, 6.07) is 6.94. The summed E-state index contributed by atoms with van der Waals surface area (Å²) in [6.07, 6.45) is -1.00. The van der Waals surface area contributed by atoms with Crippen molar-refractivity contribution in [2.75, 3.05) is 5.32 Å². The maximum Gasteiger partial charge on any atom is 0.412 e. The Morgan fingerprint density at radius 2 is 2.29 bits per heavy atom. The highest BCUT2D eigenvalue weighted by Crippen LogP contribution is 2.09. The molecule has 0 unspecified atom stereocenters. The van der Waals surface area contributed by atoms with E-state index >= 15 is 0 Å². The zero-order valence-electron chi connectivity index (χ0n) is 7.70. The van der Waals surface area contributed by atoms with E-state index in [1.165, 1.54) is 0 Å². The molecule has 1 aromatic rings. The summed E-state index contributed by atoms with van der Waals surface area (Å²) in [7, 11) is 0. The summed E-state index contributed by atoms with van der Waals surface area (Å²) in [5.74, 6) is 0. The minimum Gasteiger partial charge on any atom is -0.376 e. The van der Waals surface area contributed by atoms with Crippen molar-refractivity contribution in [2.45, 2.75) is 6.92 Å². The molecule has 1 amide bonds. The van der Waals surface area contributed by atoms with E-state index in [2.05, 4.69) is 10.1 Å². The van der Waals surface area contributed by atoms with E-state index in [0.717, 1.165) is 5.56 Å². The average molecular weight is 193 g/mol. The minimum atomic E-state index is -1.00. The van der Waals surface area contributed by atoms with E-state index in [-0.39, 0.29) is 6.02 Å². The molecule has 14 heavy (non-hydrogen) atoms. The Labute approximate surface area is 81.4 Å². The van der Waals surface area contributed by atoms with E-state index in [9.17, 15) is 4.79 Å². The van der Waals surface area contributed by atoms with Gasteiger partial charge in [-0.25, -0.2) is 4.79 Å². The lowest BCUT2D eigenvalue weighted by Crippen LogP contribution is -2.23. The van der Waals surface area contributed by atoms with Crippen LogP contribution in [0.15, 0.2) is 24.3 Å². The molecular formula is C9H11N3O2. The van der Waals surface area contributed by atoms with Gasteiger partial charge in [-0.1, -0.05) is 12.1 Å². The standard InChI is InChI=1S/C9H11N3O2/c1-6-3-2-4-7(5-6)12-8(10)14-9(11)13/h2-5H,1H3,(H2,10,12)(H2,11,13). The molecular weight excluding hydrogens is 182 g/mol. The van der Waals surface area contributed by atoms with Crippen LogP contribution in [0.4, 0.5) is 10.5 Å². The third-order valence-corrected chi connectivity index (χ3v) is 1.48. The number of hydrogen-bond acceptors (Lipinski definition) is 3. The Morgan fingerprint density at radius 3 is 2.86 bits per heavy atom. The van der Waals surface area contributed by atoms with Crippen LogP contribution in [0.5, 0.6) is 0 Å². The zero-order chi connectivity index (χ0) is 10.6. The van der Waals surface area contributed by atoms with Crippen LogP contribution in [0.2, 0.25) is 0 Å². The quantitative estimate of drug-likeness (QED) is 0.465. The molecule has 5 heteroatoms. The van der Waals surface area contributed by atoms with Gasteiger partial charge in [0.2, 0.25) is 0 Å². The van der Waals surface area contributed by atoms with Crippen LogP contribution in [0.1, 0.15) is 5.56 Å². The van der Waals surface area contributed by atoms with Crippen molar-refractivity contribution in [1.82, 2.24) is 0 Å². The Kier molecular flexibility index (Phi) is 3.06. The van der Waals surface area contributed by atoms with Gasteiger partial charge in [0.1, 0.15) is 0 Å². The molecule has 0 fully saturated rings.